The van der Waals surface area contributed by atoms with Crippen LogP contribution in [0.25, 0.3) is 0 Å². The predicted octanol–water partition coefficient (Wildman–Crippen LogP) is 3.19. The number of Topliss-reactive ketones (excluding diaryl/α,β-unsaturated/α-hetero) is 1. The van der Waals surface area contributed by atoms with Crippen LogP contribution in [0.3, 0.4) is 0 Å². The van der Waals surface area contributed by atoms with Gasteiger partial charge >= 0.3 is 0 Å². The molecular weight excluding hydrogens is 264 g/mol. The van der Waals surface area contributed by atoms with Gasteiger partial charge in [-0.1, -0.05) is 31.9 Å². The van der Waals surface area contributed by atoms with E-state index in [1.54, 1.807) is 18.0 Å². The molecule has 0 aromatic carbocycles. The van der Waals surface area contributed by atoms with Gasteiger partial charge in [-0.25, -0.2) is 0 Å². The van der Waals surface area contributed by atoms with Gasteiger partial charge in [0.1, 0.15) is 5.69 Å². The predicted molar refractivity (Wildman–Crippen MR) is 74.6 cm³/mol. The van der Waals surface area contributed by atoms with Crippen molar-refractivity contribution in [3.05, 3.63) is 16.9 Å². The maximum atomic E-state index is 12.7. The summed E-state index contributed by atoms with van der Waals surface area (Å²) in [7, 11) is 1.63. The van der Waals surface area contributed by atoms with Gasteiger partial charge < -0.3 is 4.74 Å². The third-order valence-corrected chi connectivity index (χ3v) is 4.39. The number of rotatable bonds is 5. The zero-order valence-corrected chi connectivity index (χ0v) is 12.5. The van der Waals surface area contributed by atoms with E-state index in [4.69, 9.17) is 16.3 Å². The summed E-state index contributed by atoms with van der Waals surface area (Å²) in [6, 6.07) is 0. The average Bonchev–Trinajstić information content (AvgIpc) is 2.88. The highest BCUT2D eigenvalue weighted by Gasteiger charge is 2.41. The Morgan fingerprint density at radius 2 is 2.37 bits per heavy atom. The van der Waals surface area contributed by atoms with Crippen molar-refractivity contribution in [1.82, 2.24) is 9.78 Å². The highest BCUT2D eigenvalue weighted by Crippen LogP contribution is 2.44. The first-order valence-electron chi connectivity index (χ1n) is 6.72. The van der Waals surface area contributed by atoms with E-state index in [-0.39, 0.29) is 17.1 Å². The minimum atomic E-state index is 0.0444. The van der Waals surface area contributed by atoms with Crippen LogP contribution in [-0.4, -0.2) is 29.3 Å². The van der Waals surface area contributed by atoms with Crippen molar-refractivity contribution in [3.8, 4) is 0 Å². The summed E-state index contributed by atoms with van der Waals surface area (Å²) in [6.07, 6.45) is 4.69. The van der Waals surface area contributed by atoms with Gasteiger partial charge in [-0.3, -0.25) is 9.48 Å². The van der Waals surface area contributed by atoms with E-state index in [0.29, 0.717) is 23.9 Å². The minimum Gasteiger partial charge on any atom is -0.383 e. The molecule has 1 aromatic rings. The van der Waals surface area contributed by atoms with Crippen LogP contribution in [0.2, 0.25) is 5.02 Å². The van der Waals surface area contributed by atoms with Gasteiger partial charge in [0.25, 0.3) is 0 Å². The molecule has 0 saturated heterocycles. The number of ether oxygens (including phenoxy) is 1. The van der Waals surface area contributed by atoms with Gasteiger partial charge in [0.15, 0.2) is 5.78 Å². The normalized spacial score (nSPS) is 21.8. The monoisotopic (exact) mass is 284 g/mol. The molecule has 0 spiro atoms. The third kappa shape index (κ3) is 2.84. The Kier molecular flexibility index (Phi) is 4.31. The van der Waals surface area contributed by atoms with Crippen LogP contribution in [0.1, 0.15) is 43.6 Å². The first-order chi connectivity index (χ1) is 8.97. The van der Waals surface area contributed by atoms with Crippen molar-refractivity contribution in [3.63, 3.8) is 0 Å². The highest BCUT2D eigenvalue weighted by atomic mass is 35.5. The molecule has 0 radical (unpaired) electrons. The number of hydrogen-bond acceptors (Lipinski definition) is 3. The smallest absolute Gasteiger partial charge is 0.185 e. The van der Waals surface area contributed by atoms with Gasteiger partial charge in [-0.2, -0.15) is 5.10 Å². The summed E-state index contributed by atoms with van der Waals surface area (Å²) < 4.78 is 6.71. The second-order valence-corrected chi connectivity index (χ2v) is 6.26. The maximum Gasteiger partial charge on any atom is 0.185 e. The number of aromatic nitrogens is 2. The van der Waals surface area contributed by atoms with Gasteiger partial charge in [-0.05, 0) is 18.3 Å². The number of methoxy groups -OCH3 is 1. The molecule has 1 unspecified atom stereocenters. The van der Waals surface area contributed by atoms with Crippen LogP contribution in [0.4, 0.5) is 0 Å². The van der Waals surface area contributed by atoms with Crippen molar-refractivity contribution < 1.29 is 9.53 Å². The number of carbonyl (C=O) groups is 1. The zero-order chi connectivity index (χ0) is 14.0. The number of hydrogen-bond donors (Lipinski definition) is 0. The summed E-state index contributed by atoms with van der Waals surface area (Å²) in [5, 5.41) is 4.63. The largest absolute Gasteiger partial charge is 0.383 e. The highest BCUT2D eigenvalue weighted by molar-refractivity contribution is 6.33. The molecule has 0 aliphatic heterocycles. The van der Waals surface area contributed by atoms with E-state index < -0.39 is 0 Å². The molecule has 1 saturated carbocycles. The third-order valence-electron chi connectivity index (χ3n) is 4.11. The lowest BCUT2D eigenvalue weighted by Gasteiger charge is -2.25. The van der Waals surface area contributed by atoms with Crippen molar-refractivity contribution in [2.45, 2.75) is 39.7 Å². The van der Waals surface area contributed by atoms with Crippen LogP contribution in [0.15, 0.2) is 6.20 Å². The van der Waals surface area contributed by atoms with Gasteiger partial charge in [-0.15, -0.1) is 0 Å². The molecule has 1 aromatic heterocycles. The van der Waals surface area contributed by atoms with Crippen LogP contribution in [-0.2, 0) is 11.3 Å². The first-order valence-corrected chi connectivity index (χ1v) is 7.09. The molecule has 2 rings (SSSR count). The molecule has 0 amide bonds. The SMILES string of the molecule is COCCn1ncc(Cl)c1C(=O)C1CCCC1(C)C. The Bertz CT molecular complexity index is 468. The lowest BCUT2D eigenvalue weighted by atomic mass is 9.78. The molecule has 1 heterocycles. The first kappa shape index (κ1) is 14.5. The van der Waals surface area contributed by atoms with Crippen LogP contribution < -0.4 is 0 Å². The quantitative estimate of drug-likeness (QED) is 0.780. The number of halogens is 1. The molecule has 0 N–H and O–H groups in total. The number of ketones is 1. The minimum absolute atomic E-state index is 0.0444. The molecule has 5 heteroatoms. The summed E-state index contributed by atoms with van der Waals surface area (Å²) in [4.78, 5) is 12.7. The van der Waals surface area contributed by atoms with E-state index >= 15 is 0 Å². The molecule has 0 bridgehead atoms. The summed E-state index contributed by atoms with van der Waals surface area (Å²) in [5.41, 5.74) is 0.593. The standard InChI is InChI=1S/C14H21ClN2O2/c1-14(2)6-4-5-10(14)13(18)12-11(15)9-16-17(12)7-8-19-3/h9-10H,4-8H2,1-3H3. The molecule has 1 aliphatic carbocycles. The van der Waals surface area contributed by atoms with Crippen molar-refractivity contribution in [2.24, 2.45) is 11.3 Å². The summed E-state index contributed by atoms with van der Waals surface area (Å²) >= 11 is 6.15. The Morgan fingerprint density at radius 1 is 1.63 bits per heavy atom. The Hall–Kier alpha value is -0.870. The van der Waals surface area contributed by atoms with Crippen LogP contribution >= 0.6 is 11.6 Å². The lowest BCUT2D eigenvalue weighted by Crippen LogP contribution is -2.28. The molecule has 1 fully saturated rings. The Balaban J connectivity index is 2.25. The molecule has 1 atom stereocenters. The van der Waals surface area contributed by atoms with Gasteiger partial charge in [0.05, 0.1) is 24.4 Å². The van der Waals surface area contributed by atoms with Crippen LogP contribution in [0, 0.1) is 11.3 Å². The topological polar surface area (TPSA) is 44.1 Å². The van der Waals surface area contributed by atoms with Gasteiger partial charge in [0.2, 0.25) is 0 Å². The van der Waals surface area contributed by atoms with E-state index in [2.05, 4.69) is 18.9 Å². The number of nitrogens with zero attached hydrogens (tertiary/aromatic N) is 2. The van der Waals surface area contributed by atoms with Crippen molar-refractivity contribution in [2.75, 3.05) is 13.7 Å². The maximum absolute atomic E-state index is 12.7. The van der Waals surface area contributed by atoms with Gasteiger partial charge in [0, 0.05) is 13.0 Å². The second kappa shape index (κ2) is 5.63. The fraction of sp³-hybridized carbons (Fsp3) is 0.714. The fourth-order valence-corrected chi connectivity index (χ4v) is 3.17. The second-order valence-electron chi connectivity index (χ2n) is 5.85. The molecule has 4 nitrogen and oxygen atoms in total. The summed E-state index contributed by atoms with van der Waals surface area (Å²) in [6.45, 7) is 5.39. The lowest BCUT2D eigenvalue weighted by molar-refractivity contribution is 0.0824. The van der Waals surface area contributed by atoms with E-state index in [9.17, 15) is 4.79 Å². The molecular formula is C14H21ClN2O2. The Labute approximate surface area is 119 Å². The molecule has 1 aliphatic rings. The number of carbonyl (C=O) groups excluding carboxylic acids is 1. The zero-order valence-electron chi connectivity index (χ0n) is 11.8. The van der Waals surface area contributed by atoms with E-state index in [1.807, 2.05) is 0 Å². The fourth-order valence-electron chi connectivity index (χ4n) is 2.93. The molecule has 19 heavy (non-hydrogen) atoms. The van der Waals surface area contributed by atoms with Crippen molar-refractivity contribution in [1.29, 1.82) is 0 Å². The average molecular weight is 285 g/mol. The van der Waals surface area contributed by atoms with Crippen LogP contribution in [0.5, 0.6) is 0 Å². The molecule has 106 valence electrons. The van der Waals surface area contributed by atoms with Crippen molar-refractivity contribution >= 4 is 17.4 Å². The Morgan fingerprint density at radius 3 is 2.95 bits per heavy atom. The van der Waals surface area contributed by atoms with E-state index in [0.717, 1.165) is 19.3 Å². The van der Waals surface area contributed by atoms with E-state index in [1.165, 1.54) is 0 Å². The summed E-state index contributed by atoms with van der Waals surface area (Å²) in [5.74, 6) is 0.170.